The summed E-state index contributed by atoms with van der Waals surface area (Å²) in [6.45, 7) is 9.13. The highest BCUT2D eigenvalue weighted by atomic mass is 79.9. The molecule has 3 heterocycles. The molecule has 2 aliphatic rings. The molecular formula is C31H36BrF3N10O. The van der Waals surface area contributed by atoms with Gasteiger partial charge in [0.05, 0.1) is 11.3 Å². The van der Waals surface area contributed by atoms with Crippen molar-refractivity contribution in [3.63, 3.8) is 0 Å². The molecule has 2 saturated heterocycles. The number of nitrogen functional groups attached to an aromatic ring is 1. The van der Waals surface area contributed by atoms with Crippen LogP contribution < -0.4 is 27.0 Å². The van der Waals surface area contributed by atoms with Crippen LogP contribution >= 0.6 is 15.9 Å². The summed E-state index contributed by atoms with van der Waals surface area (Å²) in [4.78, 5) is 33.8. The van der Waals surface area contributed by atoms with Crippen molar-refractivity contribution in [1.29, 1.82) is 0 Å². The summed E-state index contributed by atoms with van der Waals surface area (Å²) in [5.74, 6) is -0.0229. The Bertz CT molecular complexity index is 1620. The van der Waals surface area contributed by atoms with E-state index in [9.17, 15) is 18.0 Å². The van der Waals surface area contributed by atoms with Crippen LogP contribution in [0.3, 0.4) is 0 Å². The number of nitrogens with zero attached hydrogens (tertiary/aromatic N) is 6. The quantitative estimate of drug-likeness (QED) is 0.191. The van der Waals surface area contributed by atoms with E-state index in [4.69, 9.17) is 16.5 Å². The summed E-state index contributed by atoms with van der Waals surface area (Å²) in [7, 11) is 2.16. The number of aliphatic imine (C=N–C) groups is 1. The van der Waals surface area contributed by atoms with Crippen molar-refractivity contribution in [2.24, 2.45) is 10.7 Å². The molecule has 15 heteroatoms. The minimum Gasteiger partial charge on any atom is -0.382 e. The van der Waals surface area contributed by atoms with Crippen LogP contribution in [-0.4, -0.2) is 83.9 Å². The van der Waals surface area contributed by atoms with Crippen molar-refractivity contribution in [3.05, 3.63) is 76.5 Å². The van der Waals surface area contributed by atoms with Crippen LogP contribution in [0.15, 0.2) is 64.7 Å². The minimum absolute atomic E-state index is 0.000739. The number of nitrogens with one attached hydrogen (secondary N) is 2. The number of aromatic nitrogens is 2. The van der Waals surface area contributed by atoms with Gasteiger partial charge in [-0.2, -0.15) is 18.2 Å². The Labute approximate surface area is 273 Å². The first-order chi connectivity index (χ1) is 21.9. The molecule has 1 aromatic heterocycles. The van der Waals surface area contributed by atoms with Gasteiger partial charge in [-0.05, 0) is 91.5 Å². The lowest BCUT2D eigenvalue weighted by Crippen LogP contribution is -2.53. The predicted octanol–water partition coefficient (Wildman–Crippen LogP) is 4.90. The molecule has 0 saturated carbocycles. The van der Waals surface area contributed by atoms with Crippen molar-refractivity contribution in [1.82, 2.24) is 19.8 Å². The molecule has 2 fully saturated rings. The molecule has 0 bridgehead atoms. The Kier molecular flexibility index (Phi) is 10.1. The number of piperidine rings is 1. The molecule has 1 amide bonds. The fourth-order valence-electron chi connectivity index (χ4n) is 5.58. The standard InChI is InChI=1S/C31H36BrF3N10O/c1-3-38-25-26(41-30(42-27(25)36)45-15-13-44(14-16-45)22-9-11-43(2)12-10-22)28(37)40-24-17-19(7-8-23(24)32)29(46)39-21-6-4-5-20(18-21)31(33,34)35/h3-8,17-18,22,38H,1,9-16H2,2H3,(H2,37,40)(H,39,46)(H2,36,41,42). The van der Waals surface area contributed by atoms with Crippen LogP contribution in [0.1, 0.15) is 34.5 Å². The van der Waals surface area contributed by atoms with Gasteiger partial charge >= 0.3 is 6.18 Å². The third-order valence-corrected chi connectivity index (χ3v) is 8.78. The number of halogens is 4. The van der Waals surface area contributed by atoms with Gasteiger partial charge in [0, 0.05) is 47.9 Å². The SMILES string of the molecule is C=CNc1c(N)nc(N2CCN(C3CCN(C)CC3)CC2)nc1C(N)=Nc1cc(C(=O)Nc2cccc(C(F)(F)F)c2)ccc1Br. The maximum absolute atomic E-state index is 13.1. The van der Waals surface area contributed by atoms with Crippen LogP contribution in [0.25, 0.3) is 0 Å². The first-order valence-electron chi connectivity index (χ1n) is 14.8. The van der Waals surface area contributed by atoms with E-state index in [2.05, 4.69) is 64.9 Å². The third kappa shape index (κ3) is 7.77. The number of nitrogens with two attached hydrogens (primary N) is 2. The monoisotopic (exact) mass is 700 g/mol. The number of rotatable bonds is 8. The molecule has 11 nitrogen and oxygen atoms in total. The molecule has 3 aromatic rings. The first kappa shape index (κ1) is 33.2. The van der Waals surface area contributed by atoms with E-state index in [1.165, 1.54) is 30.5 Å². The topological polar surface area (TPSA) is 141 Å². The van der Waals surface area contributed by atoms with Crippen LogP contribution in [0, 0.1) is 0 Å². The maximum atomic E-state index is 13.1. The van der Waals surface area contributed by atoms with Crippen molar-refractivity contribution >= 4 is 56.5 Å². The molecule has 6 N–H and O–H groups in total. The van der Waals surface area contributed by atoms with Crippen LogP contribution in [0.4, 0.5) is 42.0 Å². The van der Waals surface area contributed by atoms with Gasteiger partial charge in [-0.1, -0.05) is 12.6 Å². The number of likely N-dealkylation sites (tertiary alicyclic amines) is 1. The van der Waals surface area contributed by atoms with Crippen LogP contribution in [-0.2, 0) is 6.18 Å². The number of carbonyl (C=O) groups is 1. The highest BCUT2D eigenvalue weighted by Gasteiger charge is 2.31. The average Bonchev–Trinajstić information content (AvgIpc) is 3.03. The Balaban J connectivity index is 1.37. The zero-order valence-electron chi connectivity index (χ0n) is 25.3. The van der Waals surface area contributed by atoms with Gasteiger partial charge in [0.15, 0.2) is 11.7 Å². The van der Waals surface area contributed by atoms with E-state index in [0.717, 1.165) is 64.2 Å². The zero-order valence-corrected chi connectivity index (χ0v) is 26.9. The fraction of sp³-hybridized carbons (Fsp3) is 0.355. The van der Waals surface area contributed by atoms with Crippen molar-refractivity contribution in [2.75, 3.05) is 67.6 Å². The fourth-order valence-corrected chi connectivity index (χ4v) is 5.92. The van der Waals surface area contributed by atoms with E-state index in [-0.39, 0.29) is 28.6 Å². The smallest absolute Gasteiger partial charge is 0.382 e. The largest absolute Gasteiger partial charge is 0.416 e. The summed E-state index contributed by atoms with van der Waals surface area (Å²) in [6.07, 6.45) is -0.798. The van der Waals surface area contributed by atoms with Gasteiger partial charge < -0.3 is 31.9 Å². The van der Waals surface area contributed by atoms with E-state index in [0.29, 0.717) is 27.8 Å². The molecule has 2 aliphatic heterocycles. The molecule has 0 unspecified atom stereocenters. The van der Waals surface area contributed by atoms with E-state index in [1.807, 2.05) is 0 Å². The second-order valence-electron chi connectivity index (χ2n) is 11.2. The number of anilines is 4. The maximum Gasteiger partial charge on any atom is 0.416 e. The zero-order chi connectivity index (χ0) is 33.0. The molecule has 0 aliphatic carbocycles. The van der Waals surface area contributed by atoms with Gasteiger partial charge in [-0.3, -0.25) is 9.69 Å². The van der Waals surface area contributed by atoms with Crippen molar-refractivity contribution < 1.29 is 18.0 Å². The third-order valence-electron chi connectivity index (χ3n) is 8.11. The lowest BCUT2D eigenvalue weighted by atomic mass is 10.0. The highest BCUT2D eigenvalue weighted by Crippen LogP contribution is 2.32. The Morgan fingerprint density at radius 2 is 1.80 bits per heavy atom. The number of benzene rings is 2. The number of hydrogen-bond donors (Lipinski definition) is 4. The second kappa shape index (κ2) is 14.1. The van der Waals surface area contributed by atoms with Crippen molar-refractivity contribution in [2.45, 2.75) is 25.1 Å². The van der Waals surface area contributed by atoms with E-state index < -0.39 is 17.6 Å². The molecule has 0 radical (unpaired) electrons. The number of piperazine rings is 1. The van der Waals surface area contributed by atoms with Gasteiger partial charge in [-0.25, -0.2) is 9.98 Å². The average molecular weight is 702 g/mol. The lowest BCUT2D eigenvalue weighted by Gasteiger charge is -2.42. The molecule has 0 spiro atoms. The molecule has 0 atom stereocenters. The van der Waals surface area contributed by atoms with E-state index >= 15 is 0 Å². The van der Waals surface area contributed by atoms with Gasteiger partial charge in [0.1, 0.15) is 11.4 Å². The second-order valence-corrected chi connectivity index (χ2v) is 12.1. The molecular weight excluding hydrogens is 665 g/mol. The Morgan fingerprint density at radius 1 is 1.09 bits per heavy atom. The summed E-state index contributed by atoms with van der Waals surface area (Å²) < 4.78 is 39.9. The van der Waals surface area contributed by atoms with E-state index in [1.54, 1.807) is 6.07 Å². The van der Waals surface area contributed by atoms with Gasteiger partial charge in [-0.15, -0.1) is 0 Å². The number of amides is 1. The summed E-state index contributed by atoms with van der Waals surface area (Å²) in [5, 5.41) is 5.45. The molecule has 5 rings (SSSR count). The Morgan fingerprint density at radius 3 is 2.48 bits per heavy atom. The number of hydrogen-bond acceptors (Lipinski definition) is 9. The lowest BCUT2D eigenvalue weighted by molar-refractivity contribution is -0.137. The number of amidine groups is 1. The van der Waals surface area contributed by atoms with Crippen LogP contribution in [0.5, 0.6) is 0 Å². The normalized spacial score (nSPS) is 17.2. The van der Waals surface area contributed by atoms with Crippen LogP contribution in [0.2, 0.25) is 0 Å². The first-order valence-corrected chi connectivity index (χ1v) is 15.6. The summed E-state index contributed by atoms with van der Waals surface area (Å²) >= 11 is 3.44. The predicted molar refractivity (Wildman–Crippen MR) is 178 cm³/mol. The van der Waals surface area contributed by atoms with Crippen molar-refractivity contribution in [3.8, 4) is 0 Å². The number of carbonyl (C=O) groups excluding carboxylic acids is 1. The molecule has 2 aromatic carbocycles. The number of alkyl halides is 3. The summed E-state index contributed by atoms with van der Waals surface area (Å²) in [5.41, 5.74) is 13.0. The van der Waals surface area contributed by atoms with Gasteiger partial charge in [0.25, 0.3) is 5.91 Å². The summed E-state index contributed by atoms with van der Waals surface area (Å²) in [6, 6.07) is 9.55. The minimum atomic E-state index is -4.54. The Hall–Kier alpha value is -4.21. The molecule has 46 heavy (non-hydrogen) atoms. The molecule has 244 valence electrons. The van der Waals surface area contributed by atoms with Gasteiger partial charge in [0.2, 0.25) is 5.95 Å². The highest BCUT2D eigenvalue weighted by molar-refractivity contribution is 9.10.